The van der Waals surface area contributed by atoms with Crippen LogP contribution >= 0.6 is 0 Å². The molecule has 0 aliphatic carbocycles. The molecule has 1 aliphatic rings. The Hall–Kier alpha value is -3.48. The number of fused-ring (bicyclic) bond motifs is 3. The summed E-state index contributed by atoms with van der Waals surface area (Å²) in [5.41, 5.74) is 8.07. The van der Waals surface area contributed by atoms with Crippen molar-refractivity contribution in [1.82, 2.24) is 0 Å². The number of rotatable bonds is 5. The third kappa shape index (κ3) is 3.76. The molecule has 1 heterocycles. The van der Waals surface area contributed by atoms with Gasteiger partial charge in [-0.15, -0.1) is 0 Å². The lowest BCUT2D eigenvalue weighted by Gasteiger charge is -2.30. The van der Waals surface area contributed by atoms with Gasteiger partial charge in [0.15, 0.2) is 0 Å². The third-order valence-electron chi connectivity index (χ3n) is 4.65. The first-order valence-electron chi connectivity index (χ1n) is 8.84. The minimum atomic E-state index is -3.00. The van der Waals surface area contributed by atoms with E-state index in [4.69, 9.17) is 10.5 Å². The fourth-order valence-corrected chi connectivity index (χ4v) is 3.54. The predicted molar refractivity (Wildman–Crippen MR) is 100 cm³/mol. The first-order chi connectivity index (χ1) is 13.9. The van der Waals surface area contributed by atoms with Gasteiger partial charge >= 0.3 is 6.61 Å². The summed E-state index contributed by atoms with van der Waals surface area (Å²) < 4.78 is 50.4. The van der Waals surface area contributed by atoms with Crippen LogP contribution in [0.25, 0.3) is 11.1 Å². The molecule has 1 amide bonds. The molecular formula is C22H16F3NO3. The molecule has 3 aromatic rings. The van der Waals surface area contributed by atoms with E-state index in [9.17, 15) is 18.0 Å². The van der Waals surface area contributed by atoms with Crippen LogP contribution in [0, 0.1) is 5.82 Å². The standard InChI is InChI=1S/C22H16F3NO3/c23-14-4-1-3-13(11-14)21-16-9-12(10-19(26)27)7-8-15(16)20-17(28-21)5-2-6-18(20)29-22(24)25/h1-9,11,21-22H,10H2,(H2,26,27). The van der Waals surface area contributed by atoms with Gasteiger partial charge in [-0.25, -0.2) is 4.39 Å². The summed E-state index contributed by atoms with van der Waals surface area (Å²) in [6.45, 7) is -3.00. The van der Waals surface area contributed by atoms with E-state index in [-0.39, 0.29) is 12.2 Å². The summed E-state index contributed by atoms with van der Waals surface area (Å²) in [5.74, 6) is -0.626. The van der Waals surface area contributed by atoms with Crippen molar-refractivity contribution in [3.8, 4) is 22.6 Å². The number of nitrogens with two attached hydrogens (primary N) is 1. The number of carbonyl (C=O) groups excluding carboxylic acids is 1. The molecule has 0 saturated carbocycles. The lowest BCUT2D eigenvalue weighted by molar-refractivity contribution is -0.117. The van der Waals surface area contributed by atoms with Crippen molar-refractivity contribution in [1.29, 1.82) is 0 Å². The SMILES string of the molecule is NC(=O)Cc1ccc2c(c1)C(c1cccc(F)c1)Oc1cccc(OC(F)F)c1-2. The van der Waals surface area contributed by atoms with Gasteiger partial charge in [-0.3, -0.25) is 4.79 Å². The van der Waals surface area contributed by atoms with Crippen LogP contribution in [0.15, 0.2) is 60.7 Å². The molecule has 1 aliphatic heterocycles. The zero-order chi connectivity index (χ0) is 20.5. The van der Waals surface area contributed by atoms with Gasteiger partial charge in [-0.1, -0.05) is 36.4 Å². The van der Waals surface area contributed by atoms with E-state index in [0.29, 0.717) is 33.6 Å². The molecule has 0 saturated heterocycles. The second kappa shape index (κ2) is 7.50. The van der Waals surface area contributed by atoms with E-state index >= 15 is 0 Å². The first-order valence-corrected chi connectivity index (χ1v) is 8.84. The maximum absolute atomic E-state index is 13.8. The summed E-state index contributed by atoms with van der Waals surface area (Å²) >= 11 is 0. The highest BCUT2D eigenvalue weighted by molar-refractivity contribution is 5.83. The highest BCUT2D eigenvalue weighted by Gasteiger charge is 2.31. The Morgan fingerprint density at radius 3 is 2.62 bits per heavy atom. The van der Waals surface area contributed by atoms with Crippen molar-refractivity contribution in [2.45, 2.75) is 19.1 Å². The largest absolute Gasteiger partial charge is 0.480 e. The van der Waals surface area contributed by atoms with Crippen LogP contribution in [0.3, 0.4) is 0 Å². The Morgan fingerprint density at radius 2 is 1.90 bits per heavy atom. The van der Waals surface area contributed by atoms with Crippen LogP contribution in [0.2, 0.25) is 0 Å². The molecule has 1 atom stereocenters. The molecule has 4 rings (SSSR count). The minimum Gasteiger partial charge on any atom is -0.480 e. The van der Waals surface area contributed by atoms with E-state index in [1.54, 1.807) is 42.5 Å². The number of benzene rings is 3. The molecule has 0 bridgehead atoms. The van der Waals surface area contributed by atoms with E-state index in [2.05, 4.69) is 4.74 Å². The van der Waals surface area contributed by atoms with E-state index in [0.717, 1.165) is 0 Å². The predicted octanol–water partition coefficient (Wildman–Crippen LogP) is 4.60. The quantitative estimate of drug-likeness (QED) is 0.682. The number of hydrogen-bond donors (Lipinski definition) is 1. The highest BCUT2D eigenvalue weighted by Crippen LogP contribution is 2.49. The molecule has 7 heteroatoms. The fourth-order valence-electron chi connectivity index (χ4n) is 3.54. The van der Waals surface area contributed by atoms with Gasteiger partial charge in [-0.2, -0.15) is 8.78 Å². The molecule has 1 unspecified atom stereocenters. The third-order valence-corrected chi connectivity index (χ3v) is 4.65. The molecule has 4 nitrogen and oxygen atoms in total. The molecular weight excluding hydrogens is 383 g/mol. The topological polar surface area (TPSA) is 61.6 Å². The van der Waals surface area contributed by atoms with Crippen LogP contribution in [0.4, 0.5) is 13.2 Å². The van der Waals surface area contributed by atoms with Gasteiger partial charge in [0.1, 0.15) is 23.4 Å². The molecule has 0 spiro atoms. The number of hydrogen-bond acceptors (Lipinski definition) is 3. The molecule has 0 radical (unpaired) electrons. The van der Waals surface area contributed by atoms with E-state index in [1.165, 1.54) is 18.2 Å². The Bertz CT molecular complexity index is 1080. The molecule has 148 valence electrons. The van der Waals surface area contributed by atoms with Crippen molar-refractivity contribution in [3.63, 3.8) is 0 Å². The molecule has 0 fully saturated rings. The van der Waals surface area contributed by atoms with Gasteiger partial charge in [0.2, 0.25) is 5.91 Å². The van der Waals surface area contributed by atoms with Crippen LogP contribution in [-0.2, 0) is 11.2 Å². The number of amides is 1. The summed E-state index contributed by atoms with van der Waals surface area (Å²) in [4.78, 5) is 11.3. The second-order valence-electron chi connectivity index (χ2n) is 6.63. The molecule has 3 aromatic carbocycles. The second-order valence-corrected chi connectivity index (χ2v) is 6.63. The van der Waals surface area contributed by atoms with Gasteiger partial charge in [0.05, 0.1) is 12.0 Å². The van der Waals surface area contributed by atoms with Gasteiger partial charge in [0, 0.05) is 5.56 Å². The van der Waals surface area contributed by atoms with E-state index < -0.39 is 24.4 Å². The Labute approximate surface area is 164 Å². The van der Waals surface area contributed by atoms with Crippen LogP contribution in [0.1, 0.15) is 22.8 Å². The fraction of sp³-hybridized carbons (Fsp3) is 0.136. The number of primary amides is 1. The summed E-state index contributed by atoms with van der Waals surface area (Å²) in [7, 11) is 0. The number of carbonyl (C=O) groups is 1. The normalized spacial score (nSPS) is 14.7. The molecule has 2 N–H and O–H groups in total. The van der Waals surface area contributed by atoms with Crippen LogP contribution in [0.5, 0.6) is 11.5 Å². The maximum atomic E-state index is 13.8. The maximum Gasteiger partial charge on any atom is 0.387 e. The zero-order valence-corrected chi connectivity index (χ0v) is 15.1. The smallest absolute Gasteiger partial charge is 0.387 e. The van der Waals surface area contributed by atoms with Gasteiger partial charge in [0.25, 0.3) is 0 Å². The summed E-state index contributed by atoms with van der Waals surface area (Å²) in [6.07, 6.45) is -0.687. The van der Waals surface area contributed by atoms with Gasteiger partial charge in [-0.05, 0) is 41.0 Å². The lowest BCUT2D eigenvalue weighted by atomic mass is 9.87. The average Bonchev–Trinajstić information content (AvgIpc) is 2.66. The Morgan fingerprint density at radius 1 is 1.10 bits per heavy atom. The van der Waals surface area contributed by atoms with Crippen molar-refractivity contribution in [2.24, 2.45) is 5.73 Å². The minimum absolute atomic E-state index is 0.00515. The average molecular weight is 399 g/mol. The molecule has 29 heavy (non-hydrogen) atoms. The Balaban J connectivity index is 1.91. The van der Waals surface area contributed by atoms with Crippen LogP contribution < -0.4 is 15.2 Å². The molecule has 0 aromatic heterocycles. The number of halogens is 3. The monoisotopic (exact) mass is 399 g/mol. The highest BCUT2D eigenvalue weighted by atomic mass is 19.3. The number of ether oxygens (including phenoxy) is 2. The van der Waals surface area contributed by atoms with Crippen molar-refractivity contribution < 1.29 is 27.4 Å². The summed E-state index contributed by atoms with van der Waals surface area (Å²) in [6, 6.07) is 15.7. The zero-order valence-electron chi connectivity index (χ0n) is 15.1. The van der Waals surface area contributed by atoms with Crippen molar-refractivity contribution in [3.05, 3.63) is 83.2 Å². The van der Waals surface area contributed by atoms with Crippen LogP contribution in [-0.4, -0.2) is 12.5 Å². The first kappa shape index (κ1) is 18.9. The van der Waals surface area contributed by atoms with Crippen molar-refractivity contribution in [2.75, 3.05) is 0 Å². The van der Waals surface area contributed by atoms with Gasteiger partial charge < -0.3 is 15.2 Å². The lowest BCUT2D eigenvalue weighted by Crippen LogP contribution is -2.18. The number of alkyl halides is 2. The Kier molecular flexibility index (Phi) is 4.88. The van der Waals surface area contributed by atoms with Crippen molar-refractivity contribution >= 4 is 5.91 Å². The summed E-state index contributed by atoms with van der Waals surface area (Å²) in [5, 5.41) is 0. The van der Waals surface area contributed by atoms with E-state index in [1.807, 2.05) is 0 Å².